The van der Waals surface area contributed by atoms with Gasteiger partial charge in [-0.1, -0.05) is 6.42 Å². The van der Waals surface area contributed by atoms with Gasteiger partial charge in [0, 0.05) is 24.9 Å². The van der Waals surface area contributed by atoms with Crippen LogP contribution in [0.15, 0.2) is 12.4 Å². The maximum atomic E-state index is 4.18. The molecule has 1 aliphatic carbocycles. The van der Waals surface area contributed by atoms with Gasteiger partial charge < -0.3 is 10.3 Å². The molecule has 3 heteroatoms. The van der Waals surface area contributed by atoms with Crippen molar-refractivity contribution in [3.05, 3.63) is 18.2 Å². The Morgan fingerprint density at radius 1 is 1.54 bits per heavy atom. The first-order valence-corrected chi connectivity index (χ1v) is 5.17. The van der Waals surface area contributed by atoms with E-state index in [0.29, 0.717) is 0 Å². The molecular weight excluding hydrogens is 162 g/mol. The molecule has 2 N–H and O–H groups in total. The summed E-state index contributed by atoms with van der Waals surface area (Å²) >= 11 is 0. The Morgan fingerprint density at radius 3 is 3.08 bits per heavy atom. The standard InChI is InChI=1S/C10H17N3/c1-3-9(4-1)11-6-2-5-10-12-7-8-13-10/h7-9,11H,1-6H2,(H,12,13). The van der Waals surface area contributed by atoms with Gasteiger partial charge in [-0.2, -0.15) is 0 Å². The highest BCUT2D eigenvalue weighted by atomic mass is 14.9. The van der Waals surface area contributed by atoms with Crippen molar-refractivity contribution in [2.75, 3.05) is 6.54 Å². The molecule has 0 spiro atoms. The van der Waals surface area contributed by atoms with Crippen LogP contribution < -0.4 is 5.32 Å². The Morgan fingerprint density at radius 2 is 2.46 bits per heavy atom. The summed E-state index contributed by atoms with van der Waals surface area (Å²) in [5, 5.41) is 3.54. The topological polar surface area (TPSA) is 40.7 Å². The lowest BCUT2D eigenvalue weighted by atomic mass is 9.93. The molecule has 1 saturated carbocycles. The van der Waals surface area contributed by atoms with E-state index in [9.17, 15) is 0 Å². The van der Waals surface area contributed by atoms with E-state index in [-0.39, 0.29) is 0 Å². The molecule has 3 nitrogen and oxygen atoms in total. The molecule has 1 heterocycles. The van der Waals surface area contributed by atoms with E-state index in [1.54, 1.807) is 0 Å². The van der Waals surface area contributed by atoms with Crippen molar-refractivity contribution in [1.82, 2.24) is 15.3 Å². The molecule has 72 valence electrons. The molecule has 13 heavy (non-hydrogen) atoms. The molecule has 0 saturated heterocycles. The van der Waals surface area contributed by atoms with E-state index >= 15 is 0 Å². The molecule has 0 aromatic carbocycles. The minimum atomic E-state index is 0.816. The van der Waals surface area contributed by atoms with Crippen LogP contribution >= 0.6 is 0 Å². The molecule has 0 atom stereocenters. The van der Waals surface area contributed by atoms with Crippen molar-refractivity contribution < 1.29 is 0 Å². The van der Waals surface area contributed by atoms with Gasteiger partial charge in [-0.25, -0.2) is 4.98 Å². The van der Waals surface area contributed by atoms with E-state index < -0.39 is 0 Å². The average Bonchev–Trinajstić information content (AvgIpc) is 2.53. The summed E-state index contributed by atoms with van der Waals surface area (Å²) < 4.78 is 0. The smallest absolute Gasteiger partial charge is 0.106 e. The van der Waals surface area contributed by atoms with Gasteiger partial charge in [-0.15, -0.1) is 0 Å². The molecule has 0 unspecified atom stereocenters. The highest BCUT2D eigenvalue weighted by Crippen LogP contribution is 2.17. The quantitative estimate of drug-likeness (QED) is 0.672. The summed E-state index contributed by atoms with van der Waals surface area (Å²) in [5.41, 5.74) is 0. The second kappa shape index (κ2) is 4.42. The lowest BCUT2D eigenvalue weighted by molar-refractivity contribution is 0.338. The van der Waals surface area contributed by atoms with Gasteiger partial charge >= 0.3 is 0 Å². The van der Waals surface area contributed by atoms with Crippen LogP contribution in [0.5, 0.6) is 0 Å². The average molecular weight is 179 g/mol. The number of aromatic amines is 1. The number of aromatic nitrogens is 2. The number of hydrogen-bond donors (Lipinski definition) is 2. The predicted octanol–water partition coefficient (Wildman–Crippen LogP) is 1.48. The third-order valence-electron chi connectivity index (χ3n) is 2.68. The van der Waals surface area contributed by atoms with Crippen LogP contribution in [-0.2, 0) is 6.42 Å². The third-order valence-corrected chi connectivity index (χ3v) is 2.68. The molecule has 1 aromatic heterocycles. The number of rotatable bonds is 5. The molecule has 0 bridgehead atoms. The monoisotopic (exact) mass is 179 g/mol. The maximum Gasteiger partial charge on any atom is 0.106 e. The largest absolute Gasteiger partial charge is 0.349 e. The highest BCUT2D eigenvalue weighted by molar-refractivity contribution is 4.87. The van der Waals surface area contributed by atoms with Crippen LogP contribution in [0.4, 0.5) is 0 Å². The van der Waals surface area contributed by atoms with Crippen LogP contribution in [0.1, 0.15) is 31.5 Å². The van der Waals surface area contributed by atoms with Crippen molar-refractivity contribution >= 4 is 0 Å². The van der Waals surface area contributed by atoms with Gasteiger partial charge in [-0.05, 0) is 25.8 Å². The van der Waals surface area contributed by atoms with E-state index in [4.69, 9.17) is 0 Å². The second-order valence-electron chi connectivity index (χ2n) is 3.72. The van der Waals surface area contributed by atoms with E-state index in [1.807, 2.05) is 12.4 Å². The molecule has 1 aromatic rings. The molecule has 2 rings (SSSR count). The zero-order chi connectivity index (χ0) is 8.93. The fourth-order valence-electron chi connectivity index (χ4n) is 1.61. The molecule has 0 aliphatic heterocycles. The van der Waals surface area contributed by atoms with Crippen LogP contribution in [0, 0.1) is 0 Å². The van der Waals surface area contributed by atoms with Gasteiger partial charge in [0.15, 0.2) is 0 Å². The van der Waals surface area contributed by atoms with Crippen molar-refractivity contribution in [1.29, 1.82) is 0 Å². The number of imidazole rings is 1. The lowest BCUT2D eigenvalue weighted by Crippen LogP contribution is -2.35. The SMILES string of the molecule is c1c[nH]c(CCCNC2CCC2)n1. The Labute approximate surface area is 79.0 Å². The first-order chi connectivity index (χ1) is 6.45. The number of hydrogen-bond acceptors (Lipinski definition) is 2. The molecule has 0 amide bonds. The second-order valence-corrected chi connectivity index (χ2v) is 3.72. The number of H-pyrrole nitrogens is 1. The fraction of sp³-hybridized carbons (Fsp3) is 0.700. The summed E-state index contributed by atoms with van der Waals surface area (Å²) in [4.78, 5) is 7.30. The fourth-order valence-corrected chi connectivity index (χ4v) is 1.61. The molecule has 1 aliphatic rings. The van der Waals surface area contributed by atoms with Gasteiger partial charge in [-0.3, -0.25) is 0 Å². The van der Waals surface area contributed by atoms with Gasteiger partial charge in [0.2, 0.25) is 0 Å². The van der Waals surface area contributed by atoms with Crippen molar-refractivity contribution in [2.45, 2.75) is 38.1 Å². The van der Waals surface area contributed by atoms with E-state index in [1.165, 1.54) is 25.7 Å². The van der Waals surface area contributed by atoms with Crippen LogP contribution in [0.2, 0.25) is 0 Å². The number of nitrogens with zero attached hydrogens (tertiary/aromatic N) is 1. The van der Waals surface area contributed by atoms with Crippen LogP contribution in [-0.4, -0.2) is 22.6 Å². The highest BCUT2D eigenvalue weighted by Gasteiger charge is 2.15. The molecular formula is C10H17N3. The third kappa shape index (κ3) is 2.56. The van der Waals surface area contributed by atoms with Crippen molar-refractivity contribution in [3.63, 3.8) is 0 Å². The lowest BCUT2D eigenvalue weighted by Gasteiger charge is -2.26. The van der Waals surface area contributed by atoms with Gasteiger partial charge in [0.05, 0.1) is 0 Å². The normalized spacial score (nSPS) is 17.2. The Hall–Kier alpha value is -0.830. The van der Waals surface area contributed by atoms with Crippen LogP contribution in [0.3, 0.4) is 0 Å². The zero-order valence-electron chi connectivity index (χ0n) is 7.92. The first-order valence-electron chi connectivity index (χ1n) is 5.17. The molecule has 0 radical (unpaired) electrons. The minimum Gasteiger partial charge on any atom is -0.349 e. The van der Waals surface area contributed by atoms with Crippen molar-refractivity contribution in [2.24, 2.45) is 0 Å². The maximum absolute atomic E-state index is 4.18. The number of aryl methyl sites for hydroxylation is 1. The van der Waals surface area contributed by atoms with Gasteiger partial charge in [0.25, 0.3) is 0 Å². The zero-order valence-corrected chi connectivity index (χ0v) is 7.92. The minimum absolute atomic E-state index is 0.816. The Balaban J connectivity index is 1.53. The molecule has 1 fully saturated rings. The summed E-state index contributed by atoms with van der Waals surface area (Å²) in [6.07, 6.45) is 10.1. The van der Waals surface area contributed by atoms with E-state index in [0.717, 1.165) is 24.8 Å². The van der Waals surface area contributed by atoms with Crippen LogP contribution in [0.25, 0.3) is 0 Å². The Bertz CT molecular complexity index is 226. The predicted molar refractivity (Wildman–Crippen MR) is 52.6 cm³/mol. The number of nitrogens with one attached hydrogen (secondary N) is 2. The van der Waals surface area contributed by atoms with E-state index in [2.05, 4.69) is 15.3 Å². The summed E-state index contributed by atoms with van der Waals surface area (Å²) in [6.45, 7) is 1.13. The summed E-state index contributed by atoms with van der Waals surface area (Å²) in [6, 6.07) is 0.816. The van der Waals surface area contributed by atoms with Crippen molar-refractivity contribution in [3.8, 4) is 0 Å². The summed E-state index contributed by atoms with van der Waals surface area (Å²) in [5.74, 6) is 1.11. The Kier molecular flexibility index (Phi) is 2.98. The van der Waals surface area contributed by atoms with Gasteiger partial charge in [0.1, 0.15) is 5.82 Å². The summed E-state index contributed by atoms with van der Waals surface area (Å²) in [7, 11) is 0. The first kappa shape index (κ1) is 8.75.